The quantitative estimate of drug-likeness (QED) is 0.492. The molecule has 3 rings (SSSR count). The van der Waals surface area contributed by atoms with Crippen molar-refractivity contribution in [3.63, 3.8) is 0 Å². The summed E-state index contributed by atoms with van der Waals surface area (Å²) in [5, 5.41) is 14.4. The Kier molecular flexibility index (Phi) is 7.76. The summed E-state index contributed by atoms with van der Waals surface area (Å²) in [5.41, 5.74) is 1.34. The number of carbonyl (C=O) groups is 2. The molecule has 1 aliphatic carbocycles. The van der Waals surface area contributed by atoms with Crippen LogP contribution in [-0.4, -0.2) is 40.3 Å². The number of nitro benzene ring substituents is 1. The van der Waals surface area contributed by atoms with E-state index < -0.39 is 11.0 Å². The van der Waals surface area contributed by atoms with Crippen LogP contribution in [0.4, 0.5) is 5.69 Å². The largest absolute Gasteiger partial charge is 0.352 e. The van der Waals surface area contributed by atoms with Gasteiger partial charge in [0.05, 0.1) is 11.3 Å². The molecule has 2 aromatic carbocycles. The van der Waals surface area contributed by atoms with E-state index in [2.05, 4.69) is 5.32 Å². The lowest BCUT2D eigenvalue weighted by molar-refractivity contribution is -0.385. The maximum atomic E-state index is 13.2. The predicted molar refractivity (Wildman–Crippen MR) is 119 cm³/mol. The fraction of sp³-hybridized carbons (Fsp3) is 0.417. The molecule has 1 saturated carbocycles. The molecule has 2 amide bonds. The van der Waals surface area contributed by atoms with E-state index in [0.29, 0.717) is 18.5 Å². The number of nitrogens with one attached hydrogen (secondary N) is 1. The molecule has 164 valence electrons. The van der Waals surface area contributed by atoms with E-state index in [1.54, 1.807) is 30.0 Å². The maximum Gasteiger partial charge on any atom is 0.273 e. The monoisotopic (exact) mass is 423 g/mol. The molecule has 0 aliphatic heterocycles. The van der Waals surface area contributed by atoms with E-state index in [1.165, 1.54) is 6.07 Å². The molecule has 1 unspecified atom stereocenters. The molecule has 1 fully saturated rings. The molecule has 1 aliphatic rings. The third-order valence-corrected chi connectivity index (χ3v) is 5.88. The number of rotatable bonds is 9. The van der Waals surface area contributed by atoms with Gasteiger partial charge in [0.25, 0.3) is 5.69 Å². The Hall–Kier alpha value is -3.22. The molecule has 1 N–H and O–H groups in total. The molecule has 0 saturated heterocycles. The highest BCUT2D eigenvalue weighted by Crippen LogP contribution is 2.21. The van der Waals surface area contributed by atoms with Gasteiger partial charge in [0.1, 0.15) is 6.04 Å². The molecule has 7 heteroatoms. The van der Waals surface area contributed by atoms with Gasteiger partial charge in [-0.2, -0.15) is 0 Å². The lowest BCUT2D eigenvalue weighted by atomic mass is 10.1. The summed E-state index contributed by atoms with van der Waals surface area (Å²) in [5.74, 6) is -0.463. The van der Waals surface area contributed by atoms with Gasteiger partial charge in [-0.3, -0.25) is 19.7 Å². The smallest absolute Gasteiger partial charge is 0.273 e. The second-order valence-corrected chi connectivity index (χ2v) is 8.05. The fourth-order valence-corrected chi connectivity index (χ4v) is 4.06. The van der Waals surface area contributed by atoms with Gasteiger partial charge in [-0.1, -0.05) is 61.4 Å². The van der Waals surface area contributed by atoms with Crippen LogP contribution in [0.3, 0.4) is 0 Å². The SMILES string of the molecule is CC(C(=O)NC1CCCC1)N(CCc1ccccc1)C(=O)Cc1ccccc1[N+](=O)[O-]. The van der Waals surface area contributed by atoms with Crippen molar-refractivity contribution in [2.75, 3.05) is 6.54 Å². The van der Waals surface area contributed by atoms with Crippen LogP contribution >= 0.6 is 0 Å². The molecule has 2 aromatic rings. The van der Waals surface area contributed by atoms with E-state index in [0.717, 1.165) is 31.2 Å². The van der Waals surface area contributed by atoms with Gasteiger partial charge in [-0.05, 0) is 31.7 Å². The molecule has 0 aromatic heterocycles. The van der Waals surface area contributed by atoms with E-state index in [-0.39, 0.29) is 30.0 Å². The molecule has 0 heterocycles. The van der Waals surface area contributed by atoms with Gasteiger partial charge in [0.15, 0.2) is 0 Å². The topological polar surface area (TPSA) is 92.6 Å². The van der Waals surface area contributed by atoms with Crippen molar-refractivity contribution in [1.29, 1.82) is 0 Å². The first-order valence-electron chi connectivity index (χ1n) is 10.8. The predicted octanol–water partition coefficient (Wildman–Crippen LogP) is 3.66. The Morgan fingerprint density at radius 1 is 1.10 bits per heavy atom. The van der Waals surface area contributed by atoms with Crippen LogP contribution in [0.25, 0.3) is 0 Å². The Balaban J connectivity index is 1.75. The standard InChI is InChI=1S/C24H29N3O4/c1-18(24(29)25-21-12-6-7-13-21)26(16-15-19-9-3-2-4-10-19)23(28)17-20-11-5-8-14-22(20)27(30)31/h2-5,8-11,14,18,21H,6-7,12-13,15-17H2,1H3,(H,25,29). The number of benzene rings is 2. The number of nitrogens with zero attached hydrogens (tertiary/aromatic N) is 2. The molecule has 0 bridgehead atoms. The van der Waals surface area contributed by atoms with E-state index in [1.807, 2.05) is 30.3 Å². The van der Waals surface area contributed by atoms with Gasteiger partial charge < -0.3 is 10.2 Å². The summed E-state index contributed by atoms with van der Waals surface area (Å²) in [6.45, 7) is 2.09. The van der Waals surface area contributed by atoms with Crippen molar-refractivity contribution in [1.82, 2.24) is 10.2 Å². The van der Waals surface area contributed by atoms with Crippen LogP contribution in [0.5, 0.6) is 0 Å². The molecule has 0 radical (unpaired) electrons. The van der Waals surface area contributed by atoms with Crippen LogP contribution in [0.2, 0.25) is 0 Å². The number of para-hydroxylation sites is 1. The first-order valence-corrected chi connectivity index (χ1v) is 10.8. The van der Waals surface area contributed by atoms with E-state index in [4.69, 9.17) is 0 Å². The normalized spacial score (nSPS) is 14.7. The zero-order valence-electron chi connectivity index (χ0n) is 17.8. The Morgan fingerprint density at radius 3 is 2.42 bits per heavy atom. The van der Waals surface area contributed by atoms with Gasteiger partial charge in [-0.25, -0.2) is 0 Å². The third-order valence-electron chi connectivity index (χ3n) is 5.88. The van der Waals surface area contributed by atoms with E-state index in [9.17, 15) is 19.7 Å². The summed E-state index contributed by atoms with van der Waals surface area (Å²) < 4.78 is 0. The summed E-state index contributed by atoms with van der Waals surface area (Å²) >= 11 is 0. The highest BCUT2D eigenvalue weighted by atomic mass is 16.6. The summed E-state index contributed by atoms with van der Waals surface area (Å²) in [7, 11) is 0. The van der Waals surface area contributed by atoms with E-state index >= 15 is 0 Å². The molecule has 31 heavy (non-hydrogen) atoms. The number of carbonyl (C=O) groups excluding carboxylic acids is 2. The van der Waals surface area contributed by atoms with Crippen molar-refractivity contribution >= 4 is 17.5 Å². The Labute approximate surface area is 182 Å². The van der Waals surface area contributed by atoms with Crippen LogP contribution in [0.1, 0.15) is 43.7 Å². The second kappa shape index (κ2) is 10.7. The maximum absolute atomic E-state index is 13.2. The Morgan fingerprint density at radius 2 is 1.74 bits per heavy atom. The Bertz CT molecular complexity index is 910. The third kappa shape index (κ3) is 6.13. The average molecular weight is 424 g/mol. The number of amides is 2. The fourth-order valence-electron chi connectivity index (χ4n) is 4.06. The average Bonchev–Trinajstić information content (AvgIpc) is 3.27. The minimum absolute atomic E-state index is 0.0816. The minimum atomic E-state index is -0.653. The van der Waals surface area contributed by atoms with Crippen LogP contribution < -0.4 is 5.32 Å². The second-order valence-electron chi connectivity index (χ2n) is 8.05. The molecular weight excluding hydrogens is 394 g/mol. The number of hydrogen-bond acceptors (Lipinski definition) is 4. The van der Waals surface area contributed by atoms with Gasteiger partial charge in [-0.15, -0.1) is 0 Å². The van der Waals surface area contributed by atoms with Gasteiger partial charge in [0.2, 0.25) is 11.8 Å². The lowest BCUT2D eigenvalue weighted by Crippen LogP contribution is -2.51. The molecular formula is C24H29N3O4. The first-order chi connectivity index (χ1) is 15.0. The van der Waals surface area contributed by atoms with Crippen molar-refractivity contribution < 1.29 is 14.5 Å². The zero-order chi connectivity index (χ0) is 22.2. The summed E-state index contributed by atoms with van der Waals surface area (Å²) in [6.07, 6.45) is 4.62. The van der Waals surface area contributed by atoms with Gasteiger partial charge >= 0.3 is 0 Å². The van der Waals surface area contributed by atoms with Crippen molar-refractivity contribution in [3.8, 4) is 0 Å². The van der Waals surface area contributed by atoms with Crippen LogP contribution in [0.15, 0.2) is 54.6 Å². The summed E-state index contributed by atoms with van der Waals surface area (Å²) in [4.78, 5) is 38.5. The van der Waals surface area contributed by atoms with Crippen molar-refractivity contribution in [2.24, 2.45) is 0 Å². The minimum Gasteiger partial charge on any atom is -0.352 e. The molecule has 1 atom stereocenters. The lowest BCUT2D eigenvalue weighted by Gasteiger charge is -2.29. The van der Waals surface area contributed by atoms with Crippen LogP contribution in [0, 0.1) is 10.1 Å². The summed E-state index contributed by atoms with van der Waals surface area (Å²) in [6, 6.07) is 15.5. The highest BCUT2D eigenvalue weighted by Gasteiger charge is 2.29. The van der Waals surface area contributed by atoms with Crippen molar-refractivity contribution in [3.05, 3.63) is 75.8 Å². The van der Waals surface area contributed by atoms with Gasteiger partial charge in [0, 0.05) is 24.2 Å². The molecule has 0 spiro atoms. The number of nitro groups is 1. The highest BCUT2D eigenvalue weighted by molar-refractivity contribution is 5.88. The molecule has 7 nitrogen and oxygen atoms in total. The van der Waals surface area contributed by atoms with Crippen LogP contribution in [-0.2, 0) is 22.4 Å². The first kappa shape index (κ1) is 22.5. The number of hydrogen-bond donors (Lipinski definition) is 1. The van der Waals surface area contributed by atoms with Crippen molar-refractivity contribution in [2.45, 2.75) is 57.5 Å². The zero-order valence-corrected chi connectivity index (χ0v) is 17.8.